The molecule has 1 aliphatic carbocycles. The van der Waals surface area contributed by atoms with Crippen LogP contribution < -0.4 is 0 Å². The molecule has 1 saturated carbocycles. The van der Waals surface area contributed by atoms with Gasteiger partial charge in [0.2, 0.25) is 0 Å². The first-order valence-electron chi connectivity index (χ1n) is 4.86. The van der Waals surface area contributed by atoms with Gasteiger partial charge in [0.05, 0.1) is 11.2 Å². The molecule has 0 atom stereocenters. The van der Waals surface area contributed by atoms with Crippen LogP contribution in [0.4, 0.5) is 0 Å². The quantitative estimate of drug-likeness (QED) is 0.667. The molecule has 0 radical (unpaired) electrons. The van der Waals surface area contributed by atoms with Crippen molar-refractivity contribution in [1.82, 2.24) is 0 Å². The molecule has 0 aromatic rings. The zero-order chi connectivity index (χ0) is 9.24. The van der Waals surface area contributed by atoms with Crippen LogP contribution >= 0.6 is 0 Å². The van der Waals surface area contributed by atoms with Gasteiger partial charge in [0, 0.05) is 6.42 Å². The van der Waals surface area contributed by atoms with E-state index in [1.807, 2.05) is 0 Å². The molecule has 1 fully saturated rings. The largest absolute Gasteiger partial charge is 0.390 e. The van der Waals surface area contributed by atoms with Crippen molar-refractivity contribution < 1.29 is 10.2 Å². The van der Waals surface area contributed by atoms with Crippen LogP contribution in [0.2, 0.25) is 0 Å². The summed E-state index contributed by atoms with van der Waals surface area (Å²) in [6.45, 7) is 3.53. The molecule has 0 amide bonds. The summed E-state index contributed by atoms with van der Waals surface area (Å²) in [7, 11) is 0. The van der Waals surface area contributed by atoms with Gasteiger partial charge in [-0.05, 0) is 26.7 Å². The molecule has 0 spiro atoms. The zero-order valence-corrected chi connectivity index (χ0v) is 8.14. The Morgan fingerprint density at radius 2 is 1.67 bits per heavy atom. The number of aliphatic hydroxyl groups is 2. The monoisotopic (exact) mass is 172 g/mol. The molecule has 0 aliphatic heterocycles. The Bertz CT molecular complexity index is 140. The summed E-state index contributed by atoms with van der Waals surface area (Å²) in [5.74, 6) is 0. The van der Waals surface area contributed by atoms with Crippen molar-refractivity contribution in [3.8, 4) is 0 Å². The summed E-state index contributed by atoms with van der Waals surface area (Å²) >= 11 is 0. The van der Waals surface area contributed by atoms with Crippen LogP contribution in [0.3, 0.4) is 0 Å². The van der Waals surface area contributed by atoms with Gasteiger partial charge in [-0.15, -0.1) is 0 Å². The molecular weight excluding hydrogens is 152 g/mol. The zero-order valence-electron chi connectivity index (χ0n) is 8.14. The molecule has 1 rings (SSSR count). The molecule has 12 heavy (non-hydrogen) atoms. The Kier molecular flexibility index (Phi) is 2.79. The predicted molar refractivity (Wildman–Crippen MR) is 48.9 cm³/mol. The van der Waals surface area contributed by atoms with E-state index in [2.05, 4.69) is 0 Å². The highest BCUT2D eigenvalue weighted by atomic mass is 16.3. The Balaban J connectivity index is 2.47. The van der Waals surface area contributed by atoms with Crippen LogP contribution in [-0.4, -0.2) is 21.4 Å². The minimum absolute atomic E-state index is 0.514. The van der Waals surface area contributed by atoms with Crippen LogP contribution in [0.1, 0.15) is 52.4 Å². The van der Waals surface area contributed by atoms with Gasteiger partial charge in [0.25, 0.3) is 0 Å². The van der Waals surface area contributed by atoms with Crippen molar-refractivity contribution >= 4 is 0 Å². The molecular formula is C10H20O2. The van der Waals surface area contributed by atoms with Crippen molar-refractivity contribution in [2.45, 2.75) is 63.6 Å². The third-order valence-corrected chi connectivity index (χ3v) is 2.55. The summed E-state index contributed by atoms with van der Waals surface area (Å²) in [6, 6.07) is 0. The van der Waals surface area contributed by atoms with Crippen molar-refractivity contribution in [2.75, 3.05) is 0 Å². The maximum absolute atomic E-state index is 10.0. The lowest BCUT2D eigenvalue weighted by Crippen LogP contribution is -2.39. The van der Waals surface area contributed by atoms with E-state index in [0.29, 0.717) is 6.42 Å². The van der Waals surface area contributed by atoms with Gasteiger partial charge < -0.3 is 10.2 Å². The fourth-order valence-corrected chi connectivity index (χ4v) is 2.19. The molecule has 0 saturated heterocycles. The molecule has 0 unspecified atom stereocenters. The average Bonchev–Trinajstić information content (AvgIpc) is 1.83. The van der Waals surface area contributed by atoms with Crippen LogP contribution in [0.15, 0.2) is 0 Å². The molecule has 2 nitrogen and oxygen atoms in total. The van der Waals surface area contributed by atoms with E-state index in [1.165, 1.54) is 6.42 Å². The van der Waals surface area contributed by atoms with Crippen LogP contribution in [0.25, 0.3) is 0 Å². The van der Waals surface area contributed by atoms with Crippen LogP contribution in [-0.2, 0) is 0 Å². The highest BCUT2D eigenvalue weighted by Gasteiger charge is 2.34. The molecule has 0 aromatic heterocycles. The SMILES string of the molecule is CC(C)(O)CC1(O)CCCCC1. The van der Waals surface area contributed by atoms with E-state index in [-0.39, 0.29) is 0 Å². The van der Waals surface area contributed by atoms with E-state index < -0.39 is 11.2 Å². The first-order chi connectivity index (χ1) is 5.41. The van der Waals surface area contributed by atoms with E-state index in [1.54, 1.807) is 13.8 Å². The third-order valence-electron chi connectivity index (χ3n) is 2.55. The molecule has 2 heteroatoms. The maximum Gasteiger partial charge on any atom is 0.0675 e. The minimum Gasteiger partial charge on any atom is -0.390 e. The third kappa shape index (κ3) is 3.11. The molecule has 1 aliphatic rings. The van der Waals surface area contributed by atoms with Gasteiger partial charge in [-0.1, -0.05) is 19.3 Å². The number of hydrogen-bond acceptors (Lipinski definition) is 2. The second kappa shape index (κ2) is 3.35. The highest BCUT2D eigenvalue weighted by Crippen LogP contribution is 2.34. The Morgan fingerprint density at radius 3 is 2.08 bits per heavy atom. The standard InChI is InChI=1S/C10H20O2/c1-9(2,11)8-10(12)6-4-3-5-7-10/h11-12H,3-8H2,1-2H3. The summed E-state index contributed by atoms with van der Waals surface area (Å²) in [5.41, 5.74) is -1.32. The second-order valence-electron chi connectivity index (χ2n) is 4.77. The maximum atomic E-state index is 10.0. The van der Waals surface area contributed by atoms with E-state index in [4.69, 9.17) is 0 Å². The molecule has 0 bridgehead atoms. The van der Waals surface area contributed by atoms with Gasteiger partial charge in [-0.2, -0.15) is 0 Å². The molecule has 72 valence electrons. The van der Waals surface area contributed by atoms with E-state index in [9.17, 15) is 10.2 Å². The molecule has 0 heterocycles. The summed E-state index contributed by atoms with van der Waals surface area (Å²) < 4.78 is 0. The number of hydrogen-bond donors (Lipinski definition) is 2. The fraction of sp³-hybridized carbons (Fsp3) is 1.00. The Morgan fingerprint density at radius 1 is 1.17 bits per heavy atom. The minimum atomic E-state index is -0.730. The lowest BCUT2D eigenvalue weighted by molar-refractivity contribution is -0.0663. The van der Waals surface area contributed by atoms with Gasteiger partial charge in [-0.25, -0.2) is 0 Å². The van der Waals surface area contributed by atoms with Gasteiger partial charge in [0.1, 0.15) is 0 Å². The van der Waals surface area contributed by atoms with E-state index >= 15 is 0 Å². The number of rotatable bonds is 2. The fourth-order valence-electron chi connectivity index (χ4n) is 2.19. The lowest BCUT2D eigenvalue weighted by atomic mass is 9.78. The van der Waals surface area contributed by atoms with Gasteiger partial charge >= 0.3 is 0 Å². The van der Waals surface area contributed by atoms with Gasteiger partial charge in [-0.3, -0.25) is 0 Å². The Hall–Kier alpha value is -0.0800. The average molecular weight is 172 g/mol. The molecule has 0 aromatic carbocycles. The summed E-state index contributed by atoms with van der Waals surface area (Å²) in [4.78, 5) is 0. The topological polar surface area (TPSA) is 40.5 Å². The first kappa shape index (κ1) is 10.0. The second-order valence-corrected chi connectivity index (χ2v) is 4.77. The summed E-state index contributed by atoms with van der Waals surface area (Å²) in [5, 5.41) is 19.6. The molecule has 2 N–H and O–H groups in total. The normalized spacial score (nSPS) is 24.0. The summed E-state index contributed by atoms with van der Waals surface area (Å²) in [6.07, 6.45) is 5.67. The van der Waals surface area contributed by atoms with E-state index in [0.717, 1.165) is 25.7 Å². The van der Waals surface area contributed by atoms with Crippen molar-refractivity contribution in [3.63, 3.8) is 0 Å². The predicted octanol–water partition coefficient (Wildman–Crippen LogP) is 1.84. The smallest absolute Gasteiger partial charge is 0.0675 e. The van der Waals surface area contributed by atoms with Crippen molar-refractivity contribution in [3.05, 3.63) is 0 Å². The van der Waals surface area contributed by atoms with Crippen molar-refractivity contribution in [1.29, 1.82) is 0 Å². The van der Waals surface area contributed by atoms with Crippen LogP contribution in [0, 0.1) is 0 Å². The highest BCUT2D eigenvalue weighted by molar-refractivity contribution is 4.87. The Labute approximate surface area is 74.6 Å². The first-order valence-corrected chi connectivity index (χ1v) is 4.86. The lowest BCUT2D eigenvalue weighted by Gasteiger charge is -2.36. The van der Waals surface area contributed by atoms with Crippen molar-refractivity contribution in [2.24, 2.45) is 0 Å². The van der Waals surface area contributed by atoms with Gasteiger partial charge in [0.15, 0.2) is 0 Å². The van der Waals surface area contributed by atoms with Crippen LogP contribution in [0.5, 0.6) is 0 Å².